The second kappa shape index (κ2) is 6.18. The summed E-state index contributed by atoms with van der Waals surface area (Å²) in [4.78, 5) is 12.2. The Morgan fingerprint density at radius 1 is 1.48 bits per heavy atom. The Bertz CT molecular complexity index is 661. The first kappa shape index (κ1) is 15.8. The maximum absolute atomic E-state index is 12.2. The zero-order chi connectivity index (χ0) is 16.4. The molecular formula is C17H23N4O2. The van der Waals surface area contributed by atoms with Gasteiger partial charge in [-0.25, -0.2) is 4.68 Å². The van der Waals surface area contributed by atoms with Crippen molar-refractivity contribution < 1.29 is 9.32 Å². The largest absolute Gasteiger partial charge is 0.361 e. The monoisotopic (exact) mass is 315 g/mol. The summed E-state index contributed by atoms with van der Waals surface area (Å²) in [6.07, 6.45) is 7.35. The standard InChI is InChI=1S/C17H23N4O2/c1-17(2,3)21-15(11-14(20-21)12-6-4-5-7-12)19-16(22)10-13-8-9-18-23-13/h4,8-9,11-12H,5-7,10H2,1-3H3,(H,19,22)/t12-/m0/s1. The lowest BCUT2D eigenvalue weighted by Crippen LogP contribution is -2.27. The number of hydrogen-bond donors (Lipinski definition) is 1. The van der Waals surface area contributed by atoms with Crippen LogP contribution in [0.2, 0.25) is 0 Å². The predicted octanol–water partition coefficient (Wildman–Crippen LogP) is 3.28. The van der Waals surface area contributed by atoms with E-state index in [0.29, 0.717) is 11.7 Å². The maximum atomic E-state index is 12.2. The van der Waals surface area contributed by atoms with Gasteiger partial charge in [0, 0.05) is 18.1 Å². The van der Waals surface area contributed by atoms with Crippen LogP contribution in [0.3, 0.4) is 0 Å². The summed E-state index contributed by atoms with van der Waals surface area (Å²) < 4.78 is 6.89. The van der Waals surface area contributed by atoms with Gasteiger partial charge in [-0.3, -0.25) is 4.79 Å². The van der Waals surface area contributed by atoms with Crippen LogP contribution in [0, 0.1) is 6.42 Å². The number of amides is 1. The van der Waals surface area contributed by atoms with Crippen LogP contribution in [-0.4, -0.2) is 20.8 Å². The van der Waals surface area contributed by atoms with Gasteiger partial charge in [0.05, 0.1) is 23.9 Å². The molecule has 1 fully saturated rings. The Morgan fingerprint density at radius 3 is 2.91 bits per heavy atom. The molecule has 0 aromatic carbocycles. The van der Waals surface area contributed by atoms with Crippen molar-refractivity contribution in [1.82, 2.24) is 14.9 Å². The zero-order valence-corrected chi connectivity index (χ0v) is 13.9. The number of rotatable bonds is 4. The molecule has 0 unspecified atom stereocenters. The van der Waals surface area contributed by atoms with Crippen LogP contribution < -0.4 is 5.32 Å². The average Bonchev–Trinajstić information content (AvgIpc) is 3.17. The molecule has 1 aliphatic carbocycles. The van der Waals surface area contributed by atoms with Crippen LogP contribution in [0.15, 0.2) is 22.9 Å². The van der Waals surface area contributed by atoms with Crippen molar-refractivity contribution in [2.75, 3.05) is 5.32 Å². The van der Waals surface area contributed by atoms with Gasteiger partial charge in [0.25, 0.3) is 0 Å². The van der Waals surface area contributed by atoms with E-state index in [4.69, 9.17) is 9.62 Å². The number of aromatic nitrogens is 3. The molecule has 0 bridgehead atoms. The minimum Gasteiger partial charge on any atom is -0.361 e. The summed E-state index contributed by atoms with van der Waals surface area (Å²) in [6, 6.07) is 3.70. The van der Waals surface area contributed by atoms with Crippen molar-refractivity contribution in [1.29, 1.82) is 0 Å². The number of anilines is 1. The first-order valence-corrected chi connectivity index (χ1v) is 8.05. The van der Waals surface area contributed by atoms with Gasteiger partial charge in [0.2, 0.25) is 5.91 Å². The van der Waals surface area contributed by atoms with Gasteiger partial charge in [0.15, 0.2) is 0 Å². The lowest BCUT2D eigenvalue weighted by atomic mass is 10.0. The van der Waals surface area contributed by atoms with E-state index in [1.807, 2.05) is 10.7 Å². The highest BCUT2D eigenvalue weighted by atomic mass is 16.5. The zero-order valence-electron chi connectivity index (χ0n) is 13.9. The highest BCUT2D eigenvalue weighted by molar-refractivity contribution is 5.91. The topological polar surface area (TPSA) is 73.0 Å². The van der Waals surface area contributed by atoms with E-state index in [1.165, 1.54) is 6.20 Å². The van der Waals surface area contributed by atoms with E-state index in [1.54, 1.807) is 6.07 Å². The number of nitrogens with one attached hydrogen (secondary N) is 1. The molecule has 1 radical (unpaired) electrons. The Hall–Kier alpha value is -2.11. The van der Waals surface area contributed by atoms with E-state index in [0.717, 1.165) is 30.8 Å². The SMILES string of the molecule is CC(C)(C)n1nc([C@H]2C[CH]CC2)cc1NC(=O)Cc1ccno1. The fraction of sp³-hybridized carbons (Fsp3) is 0.529. The Labute approximate surface area is 136 Å². The van der Waals surface area contributed by atoms with Gasteiger partial charge >= 0.3 is 0 Å². The third-order valence-corrected chi connectivity index (χ3v) is 4.05. The lowest BCUT2D eigenvalue weighted by Gasteiger charge is -2.22. The highest BCUT2D eigenvalue weighted by Gasteiger charge is 2.26. The van der Waals surface area contributed by atoms with Crippen molar-refractivity contribution in [3.63, 3.8) is 0 Å². The molecule has 2 aromatic rings. The van der Waals surface area contributed by atoms with Gasteiger partial charge in [0.1, 0.15) is 11.6 Å². The molecule has 3 rings (SSSR count). The van der Waals surface area contributed by atoms with Gasteiger partial charge in [-0.15, -0.1) is 0 Å². The minimum absolute atomic E-state index is 0.128. The molecular weight excluding hydrogens is 292 g/mol. The molecule has 123 valence electrons. The fourth-order valence-electron chi connectivity index (χ4n) is 2.90. The Kier molecular flexibility index (Phi) is 4.24. The van der Waals surface area contributed by atoms with Crippen LogP contribution in [0.25, 0.3) is 0 Å². The van der Waals surface area contributed by atoms with Crippen LogP contribution in [0.4, 0.5) is 5.82 Å². The predicted molar refractivity (Wildman–Crippen MR) is 87.0 cm³/mol. The van der Waals surface area contributed by atoms with Crippen molar-refractivity contribution >= 4 is 11.7 Å². The molecule has 6 nitrogen and oxygen atoms in total. The molecule has 2 heterocycles. The van der Waals surface area contributed by atoms with E-state index in [9.17, 15) is 4.79 Å². The second-order valence-corrected chi connectivity index (χ2v) is 7.04. The molecule has 6 heteroatoms. The van der Waals surface area contributed by atoms with E-state index < -0.39 is 0 Å². The molecule has 1 amide bonds. The van der Waals surface area contributed by atoms with Crippen molar-refractivity contribution in [3.8, 4) is 0 Å². The summed E-state index contributed by atoms with van der Waals surface area (Å²) in [7, 11) is 0. The average molecular weight is 315 g/mol. The quantitative estimate of drug-likeness (QED) is 0.939. The molecule has 2 aromatic heterocycles. The molecule has 1 aliphatic rings. The summed E-state index contributed by atoms with van der Waals surface area (Å²) in [5, 5.41) is 11.3. The maximum Gasteiger partial charge on any atom is 0.233 e. The molecule has 0 saturated heterocycles. The van der Waals surface area contributed by atoms with Gasteiger partial charge in [-0.1, -0.05) is 5.16 Å². The van der Waals surface area contributed by atoms with Crippen LogP contribution >= 0.6 is 0 Å². The molecule has 0 spiro atoms. The minimum atomic E-state index is -0.199. The second-order valence-electron chi connectivity index (χ2n) is 7.04. The number of hydrogen-bond acceptors (Lipinski definition) is 4. The summed E-state index contributed by atoms with van der Waals surface area (Å²) in [5.74, 6) is 1.62. The number of carbonyl (C=O) groups is 1. The highest BCUT2D eigenvalue weighted by Crippen LogP contribution is 2.35. The van der Waals surface area contributed by atoms with E-state index >= 15 is 0 Å². The van der Waals surface area contributed by atoms with Crippen molar-refractivity contribution in [2.45, 2.75) is 57.9 Å². The number of carbonyl (C=O) groups excluding carboxylic acids is 1. The summed E-state index contributed by atoms with van der Waals surface area (Å²) in [5.41, 5.74) is 0.860. The molecule has 1 atom stereocenters. The van der Waals surface area contributed by atoms with Crippen molar-refractivity contribution in [3.05, 3.63) is 36.2 Å². The lowest BCUT2D eigenvalue weighted by molar-refractivity contribution is -0.115. The molecule has 0 aliphatic heterocycles. The number of nitrogens with zero attached hydrogens (tertiary/aromatic N) is 3. The smallest absolute Gasteiger partial charge is 0.233 e. The molecule has 1 saturated carbocycles. The first-order valence-electron chi connectivity index (χ1n) is 8.05. The van der Waals surface area contributed by atoms with Crippen LogP contribution in [0.1, 0.15) is 57.4 Å². The van der Waals surface area contributed by atoms with E-state index in [2.05, 4.69) is 37.7 Å². The normalized spacial score (nSPS) is 16.0. The molecule has 1 N–H and O–H groups in total. The van der Waals surface area contributed by atoms with Crippen LogP contribution in [-0.2, 0) is 16.8 Å². The Balaban J connectivity index is 1.80. The molecule has 23 heavy (non-hydrogen) atoms. The summed E-state index contributed by atoms with van der Waals surface area (Å²) in [6.45, 7) is 6.24. The fourth-order valence-corrected chi connectivity index (χ4v) is 2.90. The third-order valence-electron chi connectivity index (χ3n) is 4.05. The Morgan fingerprint density at radius 2 is 2.30 bits per heavy atom. The third kappa shape index (κ3) is 3.63. The van der Waals surface area contributed by atoms with Gasteiger partial charge in [-0.05, 0) is 46.5 Å². The summed E-state index contributed by atoms with van der Waals surface area (Å²) >= 11 is 0. The van der Waals surface area contributed by atoms with Gasteiger partial charge < -0.3 is 9.84 Å². The van der Waals surface area contributed by atoms with E-state index in [-0.39, 0.29) is 17.9 Å². The van der Waals surface area contributed by atoms with Crippen LogP contribution in [0.5, 0.6) is 0 Å². The van der Waals surface area contributed by atoms with Crippen molar-refractivity contribution in [2.24, 2.45) is 0 Å². The van der Waals surface area contributed by atoms with Gasteiger partial charge in [-0.2, -0.15) is 5.10 Å². The first-order chi connectivity index (χ1) is 10.9.